The Kier molecular flexibility index (Phi) is 6.41. The molecule has 0 fully saturated rings. The lowest BCUT2D eigenvalue weighted by atomic mass is 9.97. The summed E-state index contributed by atoms with van der Waals surface area (Å²) in [5.74, 6) is 0.583. The number of hydrogen-bond acceptors (Lipinski definition) is 1. The average Bonchev–Trinajstić information content (AvgIpc) is 2.52. The molecule has 0 aliphatic heterocycles. The molecule has 22 heavy (non-hydrogen) atoms. The van der Waals surface area contributed by atoms with Gasteiger partial charge >= 0.3 is 0 Å². The van der Waals surface area contributed by atoms with Crippen molar-refractivity contribution in [3.63, 3.8) is 0 Å². The van der Waals surface area contributed by atoms with Crippen molar-refractivity contribution in [1.29, 1.82) is 0 Å². The summed E-state index contributed by atoms with van der Waals surface area (Å²) in [5, 5.41) is 7.28. The lowest BCUT2D eigenvalue weighted by molar-refractivity contribution is 0.498. The fourth-order valence-electron chi connectivity index (χ4n) is 2.44. The molecular formula is C19H24N2S. The molecule has 0 unspecified atom stereocenters. The Morgan fingerprint density at radius 3 is 2.55 bits per heavy atom. The number of thiocarbonyl (C=S) groups is 1. The Bertz CT molecular complexity index is 595. The van der Waals surface area contributed by atoms with Gasteiger partial charge < -0.3 is 10.6 Å². The molecule has 0 bridgehead atoms. The highest BCUT2D eigenvalue weighted by Crippen LogP contribution is 2.12. The molecule has 2 N–H and O–H groups in total. The van der Waals surface area contributed by atoms with Gasteiger partial charge in [0.1, 0.15) is 0 Å². The van der Waals surface area contributed by atoms with E-state index in [-0.39, 0.29) is 0 Å². The third-order valence-corrected chi connectivity index (χ3v) is 4.02. The molecule has 1 atom stereocenters. The lowest BCUT2D eigenvalue weighted by Gasteiger charge is -2.18. The van der Waals surface area contributed by atoms with Crippen LogP contribution in [0.2, 0.25) is 0 Å². The highest BCUT2D eigenvalue weighted by atomic mass is 32.1. The van der Waals surface area contributed by atoms with Gasteiger partial charge in [0.15, 0.2) is 5.11 Å². The zero-order valence-corrected chi connectivity index (χ0v) is 14.1. The second-order valence-electron chi connectivity index (χ2n) is 5.67. The first-order valence-electron chi connectivity index (χ1n) is 7.83. The van der Waals surface area contributed by atoms with Crippen LogP contribution in [0.3, 0.4) is 0 Å². The van der Waals surface area contributed by atoms with Crippen molar-refractivity contribution in [3.8, 4) is 0 Å². The van der Waals surface area contributed by atoms with E-state index in [1.165, 1.54) is 11.1 Å². The van der Waals surface area contributed by atoms with Gasteiger partial charge in [-0.25, -0.2) is 0 Å². The van der Waals surface area contributed by atoms with Crippen LogP contribution in [0.4, 0.5) is 5.69 Å². The van der Waals surface area contributed by atoms with E-state index in [2.05, 4.69) is 66.9 Å². The second-order valence-corrected chi connectivity index (χ2v) is 6.08. The highest BCUT2D eigenvalue weighted by Gasteiger charge is 2.08. The predicted octanol–water partition coefficient (Wildman–Crippen LogP) is 4.55. The van der Waals surface area contributed by atoms with Crippen molar-refractivity contribution in [2.24, 2.45) is 5.92 Å². The van der Waals surface area contributed by atoms with Gasteiger partial charge in [0.2, 0.25) is 0 Å². The normalized spacial score (nSPS) is 11.7. The van der Waals surface area contributed by atoms with Crippen LogP contribution in [0.25, 0.3) is 0 Å². The summed E-state index contributed by atoms with van der Waals surface area (Å²) in [4.78, 5) is 0. The van der Waals surface area contributed by atoms with Gasteiger partial charge in [-0.3, -0.25) is 0 Å². The molecule has 0 aromatic heterocycles. The van der Waals surface area contributed by atoms with Crippen LogP contribution in [0.15, 0.2) is 54.6 Å². The molecule has 0 saturated heterocycles. The van der Waals surface area contributed by atoms with Gasteiger partial charge in [-0.05, 0) is 54.7 Å². The Hall–Kier alpha value is -1.87. The molecule has 2 aromatic rings. The van der Waals surface area contributed by atoms with Crippen molar-refractivity contribution in [2.75, 3.05) is 11.9 Å². The van der Waals surface area contributed by atoms with E-state index < -0.39 is 0 Å². The topological polar surface area (TPSA) is 24.1 Å². The van der Waals surface area contributed by atoms with Crippen LogP contribution >= 0.6 is 12.2 Å². The van der Waals surface area contributed by atoms with Crippen LogP contribution in [-0.2, 0) is 6.42 Å². The molecule has 3 heteroatoms. The van der Waals surface area contributed by atoms with Gasteiger partial charge in [0.25, 0.3) is 0 Å². The number of anilines is 1. The van der Waals surface area contributed by atoms with Crippen molar-refractivity contribution >= 4 is 23.0 Å². The van der Waals surface area contributed by atoms with Crippen molar-refractivity contribution in [3.05, 3.63) is 65.7 Å². The molecule has 0 radical (unpaired) electrons. The van der Waals surface area contributed by atoms with Crippen molar-refractivity contribution < 1.29 is 0 Å². The maximum absolute atomic E-state index is 5.39. The maximum atomic E-state index is 5.39. The molecule has 2 nitrogen and oxygen atoms in total. The summed E-state index contributed by atoms with van der Waals surface area (Å²) in [6, 6.07) is 18.9. The average molecular weight is 312 g/mol. The van der Waals surface area contributed by atoms with E-state index in [1.807, 2.05) is 12.1 Å². The van der Waals surface area contributed by atoms with Crippen LogP contribution in [0, 0.1) is 12.8 Å². The molecule has 2 aromatic carbocycles. The SMILES string of the molecule is CC[C@@H](CNC(=S)Nc1cccc(C)c1)Cc1ccccc1. The molecular weight excluding hydrogens is 288 g/mol. The largest absolute Gasteiger partial charge is 0.362 e. The minimum Gasteiger partial charge on any atom is -0.362 e. The molecule has 0 aliphatic rings. The van der Waals surface area contributed by atoms with Gasteiger partial charge in [0.05, 0.1) is 0 Å². The maximum Gasteiger partial charge on any atom is 0.170 e. The molecule has 0 heterocycles. The summed E-state index contributed by atoms with van der Waals surface area (Å²) in [6.45, 7) is 5.20. The lowest BCUT2D eigenvalue weighted by Crippen LogP contribution is -2.33. The summed E-state index contributed by atoms with van der Waals surface area (Å²) < 4.78 is 0. The van der Waals surface area contributed by atoms with Crippen LogP contribution in [0.1, 0.15) is 24.5 Å². The van der Waals surface area contributed by atoms with E-state index >= 15 is 0 Å². The molecule has 0 aliphatic carbocycles. The Labute approximate surface area is 139 Å². The molecule has 0 amide bonds. The molecule has 0 spiro atoms. The summed E-state index contributed by atoms with van der Waals surface area (Å²) in [5.41, 5.74) is 3.64. The standard InChI is InChI=1S/C19H24N2S/c1-3-16(13-17-9-5-4-6-10-17)14-20-19(22)21-18-11-7-8-15(2)12-18/h4-12,16H,3,13-14H2,1-2H3,(H2,20,21,22)/t16-/m1/s1. The minimum absolute atomic E-state index is 0.583. The van der Waals surface area contributed by atoms with Crippen LogP contribution in [-0.4, -0.2) is 11.7 Å². The summed E-state index contributed by atoms with van der Waals surface area (Å²) >= 11 is 5.39. The van der Waals surface area contributed by atoms with Crippen LogP contribution < -0.4 is 10.6 Å². The quantitative estimate of drug-likeness (QED) is 0.765. The number of rotatable bonds is 6. The molecule has 116 valence electrons. The monoisotopic (exact) mass is 312 g/mol. The highest BCUT2D eigenvalue weighted by molar-refractivity contribution is 7.80. The minimum atomic E-state index is 0.583. The Morgan fingerprint density at radius 2 is 1.86 bits per heavy atom. The first-order valence-corrected chi connectivity index (χ1v) is 8.23. The Balaban J connectivity index is 1.81. The Morgan fingerprint density at radius 1 is 1.09 bits per heavy atom. The fraction of sp³-hybridized carbons (Fsp3) is 0.316. The summed E-state index contributed by atoms with van der Waals surface area (Å²) in [6.07, 6.45) is 2.21. The van der Waals surface area contributed by atoms with Crippen molar-refractivity contribution in [1.82, 2.24) is 5.32 Å². The fourth-order valence-corrected chi connectivity index (χ4v) is 2.64. The van der Waals surface area contributed by atoms with E-state index in [0.29, 0.717) is 11.0 Å². The van der Waals surface area contributed by atoms with Crippen molar-refractivity contribution in [2.45, 2.75) is 26.7 Å². The zero-order valence-electron chi connectivity index (χ0n) is 13.3. The van der Waals surface area contributed by atoms with Gasteiger partial charge in [0, 0.05) is 12.2 Å². The van der Waals surface area contributed by atoms with E-state index in [9.17, 15) is 0 Å². The predicted molar refractivity (Wildman–Crippen MR) is 99.3 cm³/mol. The van der Waals surface area contributed by atoms with E-state index in [4.69, 9.17) is 12.2 Å². The van der Waals surface area contributed by atoms with Gasteiger partial charge in [-0.15, -0.1) is 0 Å². The molecule has 0 saturated carbocycles. The van der Waals surface area contributed by atoms with E-state index in [1.54, 1.807) is 0 Å². The number of benzene rings is 2. The third-order valence-electron chi connectivity index (χ3n) is 3.77. The number of hydrogen-bond donors (Lipinski definition) is 2. The first kappa shape index (κ1) is 16.5. The third kappa shape index (κ3) is 5.49. The summed E-state index contributed by atoms with van der Waals surface area (Å²) in [7, 11) is 0. The van der Waals surface area contributed by atoms with Gasteiger partial charge in [-0.1, -0.05) is 55.8 Å². The number of aryl methyl sites for hydroxylation is 1. The van der Waals surface area contributed by atoms with E-state index in [0.717, 1.165) is 25.1 Å². The number of nitrogens with one attached hydrogen (secondary N) is 2. The second kappa shape index (κ2) is 8.54. The molecule has 2 rings (SSSR count). The smallest absolute Gasteiger partial charge is 0.170 e. The zero-order chi connectivity index (χ0) is 15.8. The first-order chi connectivity index (χ1) is 10.7. The van der Waals surface area contributed by atoms with Gasteiger partial charge in [-0.2, -0.15) is 0 Å². The van der Waals surface area contributed by atoms with Crippen LogP contribution in [0.5, 0.6) is 0 Å².